The van der Waals surface area contributed by atoms with Gasteiger partial charge in [0.15, 0.2) is 15.5 Å². The third-order valence-electron chi connectivity index (χ3n) is 4.99. The van der Waals surface area contributed by atoms with E-state index in [-0.39, 0.29) is 22.9 Å². The smallest absolute Gasteiger partial charge is 0.359 e. The second-order valence-corrected chi connectivity index (χ2v) is 10.1. The third-order valence-corrected chi connectivity index (χ3v) is 7.62. The number of aryl methyl sites for hydroxylation is 1. The molecule has 0 saturated heterocycles. The molecule has 0 bridgehead atoms. The van der Waals surface area contributed by atoms with Crippen LogP contribution in [0.2, 0.25) is 0 Å². The Hall–Kier alpha value is -3.04. The van der Waals surface area contributed by atoms with Crippen LogP contribution in [0.3, 0.4) is 0 Å². The van der Waals surface area contributed by atoms with Gasteiger partial charge >= 0.3 is 5.97 Å². The Balaban J connectivity index is 1.82. The van der Waals surface area contributed by atoms with Crippen LogP contribution in [0.4, 0.5) is 0 Å². The zero-order chi connectivity index (χ0) is 21.0. The largest absolute Gasteiger partial charge is 0.461 e. The van der Waals surface area contributed by atoms with E-state index in [9.17, 15) is 13.2 Å². The van der Waals surface area contributed by atoms with Crippen molar-refractivity contribution in [1.29, 1.82) is 0 Å². The highest BCUT2D eigenvalue weighted by Gasteiger charge is 2.36. The number of nitrogens with zero attached hydrogens (tertiary/aromatic N) is 3. The van der Waals surface area contributed by atoms with Gasteiger partial charge < -0.3 is 4.74 Å². The molecule has 0 atom stereocenters. The van der Waals surface area contributed by atoms with Crippen LogP contribution in [0.5, 0.6) is 0 Å². The number of thiazole rings is 1. The van der Waals surface area contributed by atoms with Gasteiger partial charge in [-0.05, 0) is 38.1 Å². The number of ether oxygens (including phenoxy) is 1. The summed E-state index contributed by atoms with van der Waals surface area (Å²) in [4.78, 5) is 17.3. The van der Waals surface area contributed by atoms with Gasteiger partial charge in [0, 0.05) is 11.1 Å². The summed E-state index contributed by atoms with van der Waals surface area (Å²) in [6, 6.07) is 12.5. The second kappa shape index (κ2) is 6.75. The summed E-state index contributed by atoms with van der Waals surface area (Å²) in [5, 5.41) is 5.47. The summed E-state index contributed by atoms with van der Waals surface area (Å²) in [5.41, 5.74) is 3.15. The Morgan fingerprint density at radius 3 is 2.83 bits per heavy atom. The van der Waals surface area contributed by atoms with Gasteiger partial charge in [-0.25, -0.2) is 22.9 Å². The predicted molar refractivity (Wildman–Crippen MR) is 114 cm³/mol. The standard InChI is InChI=1S/C21H17N3O4S2/c1-3-28-21(25)19-15-11-30(26,27)18-7-5-4-6-14(18)20(15)24(23-19)13-8-9-16-17(10-13)29-12(2)22-16/h4-10H,3,11H2,1-2H3. The quantitative estimate of drug-likeness (QED) is 0.449. The van der Waals surface area contributed by atoms with Gasteiger partial charge in [0.05, 0.1) is 43.9 Å². The highest BCUT2D eigenvalue weighted by molar-refractivity contribution is 7.90. The first kappa shape index (κ1) is 19.0. The number of sulfone groups is 1. The molecule has 0 aliphatic carbocycles. The van der Waals surface area contributed by atoms with E-state index in [0.717, 1.165) is 20.9 Å². The molecule has 3 heterocycles. The average molecular weight is 440 g/mol. The summed E-state index contributed by atoms with van der Waals surface area (Å²) >= 11 is 1.57. The fourth-order valence-electron chi connectivity index (χ4n) is 3.78. The van der Waals surface area contributed by atoms with Crippen LogP contribution in [0.15, 0.2) is 47.4 Å². The van der Waals surface area contributed by atoms with Crippen molar-refractivity contribution in [2.75, 3.05) is 6.61 Å². The molecule has 0 N–H and O–H groups in total. The van der Waals surface area contributed by atoms with Gasteiger partial charge in [-0.15, -0.1) is 11.3 Å². The molecule has 1 aliphatic rings. The summed E-state index contributed by atoms with van der Waals surface area (Å²) in [6.07, 6.45) is 0. The SMILES string of the molecule is CCOC(=O)c1nn(-c2ccc3nc(C)sc3c2)c2c1CS(=O)(=O)c1ccccc1-2. The van der Waals surface area contributed by atoms with Crippen molar-refractivity contribution in [2.45, 2.75) is 24.5 Å². The fourth-order valence-corrected chi connectivity index (χ4v) is 6.23. The molecule has 9 heteroatoms. The molecule has 2 aromatic heterocycles. The Labute approximate surface area is 176 Å². The molecular formula is C21H17N3O4S2. The maximum atomic E-state index is 12.9. The van der Waals surface area contributed by atoms with Gasteiger partial charge in [-0.1, -0.05) is 18.2 Å². The van der Waals surface area contributed by atoms with Crippen LogP contribution in [0.25, 0.3) is 27.2 Å². The Morgan fingerprint density at radius 1 is 1.23 bits per heavy atom. The van der Waals surface area contributed by atoms with Gasteiger partial charge in [-0.2, -0.15) is 5.10 Å². The minimum Gasteiger partial charge on any atom is -0.461 e. The number of aromatic nitrogens is 3. The summed E-state index contributed by atoms with van der Waals surface area (Å²) in [7, 11) is -3.60. The van der Waals surface area contributed by atoms with Crippen molar-refractivity contribution in [3.8, 4) is 16.9 Å². The normalized spacial score (nSPS) is 14.3. The topological polar surface area (TPSA) is 91.2 Å². The van der Waals surface area contributed by atoms with E-state index in [1.165, 1.54) is 0 Å². The lowest BCUT2D eigenvalue weighted by Gasteiger charge is -2.19. The number of hydrogen-bond donors (Lipinski definition) is 0. The molecule has 2 aromatic carbocycles. The number of fused-ring (bicyclic) bond motifs is 4. The number of carbonyl (C=O) groups excluding carboxylic acids is 1. The van der Waals surface area contributed by atoms with E-state index in [1.807, 2.05) is 25.1 Å². The van der Waals surface area contributed by atoms with Crippen molar-refractivity contribution in [1.82, 2.24) is 14.8 Å². The van der Waals surface area contributed by atoms with Crippen LogP contribution < -0.4 is 0 Å². The molecule has 0 unspecified atom stereocenters. The van der Waals surface area contributed by atoms with E-state index in [1.54, 1.807) is 47.2 Å². The maximum Gasteiger partial charge on any atom is 0.359 e. The van der Waals surface area contributed by atoms with Crippen LogP contribution in [0, 0.1) is 6.92 Å². The van der Waals surface area contributed by atoms with Crippen LogP contribution in [-0.4, -0.2) is 35.8 Å². The summed E-state index contributed by atoms with van der Waals surface area (Å²) < 4.78 is 33.6. The lowest BCUT2D eigenvalue weighted by molar-refractivity contribution is 0.0518. The molecule has 0 fully saturated rings. The monoisotopic (exact) mass is 439 g/mol. The van der Waals surface area contributed by atoms with E-state index < -0.39 is 15.8 Å². The summed E-state index contributed by atoms with van der Waals surface area (Å²) in [6.45, 7) is 3.82. The van der Waals surface area contributed by atoms with E-state index in [0.29, 0.717) is 16.8 Å². The lowest BCUT2D eigenvalue weighted by Crippen LogP contribution is -2.16. The molecule has 0 saturated carbocycles. The minimum atomic E-state index is -3.60. The number of rotatable bonds is 3. The first-order valence-electron chi connectivity index (χ1n) is 9.38. The molecular weight excluding hydrogens is 422 g/mol. The molecule has 1 aliphatic heterocycles. The van der Waals surface area contributed by atoms with Gasteiger partial charge in [0.1, 0.15) is 0 Å². The molecule has 5 rings (SSSR count). The number of hydrogen-bond acceptors (Lipinski definition) is 7. The summed E-state index contributed by atoms with van der Waals surface area (Å²) in [5.74, 6) is -0.924. The Bertz CT molecular complexity index is 1430. The number of benzene rings is 2. The van der Waals surface area contributed by atoms with Crippen molar-refractivity contribution in [2.24, 2.45) is 0 Å². The van der Waals surface area contributed by atoms with Crippen molar-refractivity contribution in [3.63, 3.8) is 0 Å². The van der Waals surface area contributed by atoms with Crippen molar-refractivity contribution in [3.05, 3.63) is 58.7 Å². The van der Waals surface area contributed by atoms with Crippen LogP contribution in [-0.2, 0) is 20.3 Å². The Morgan fingerprint density at radius 2 is 2.03 bits per heavy atom. The zero-order valence-electron chi connectivity index (χ0n) is 16.2. The Kier molecular flexibility index (Phi) is 4.26. The molecule has 4 aromatic rings. The van der Waals surface area contributed by atoms with Gasteiger partial charge in [-0.3, -0.25) is 0 Å². The molecule has 7 nitrogen and oxygen atoms in total. The van der Waals surface area contributed by atoms with Gasteiger partial charge in [0.25, 0.3) is 0 Å². The highest BCUT2D eigenvalue weighted by Crippen LogP contribution is 2.41. The molecule has 0 radical (unpaired) electrons. The van der Waals surface area contributed by atoms with Crippen LogP contribution >= 0.6 is 11.3 Å². The predicted octanol–water partition coefficient (Wildman–Crippen LogP) is 3.92. The van der Waals surface area contributed by atoms with E-state index in [4.69, 9.17) is 4.74 Å². The third kappa shape index (κ3) is 2.85. The molecule has 30 heavy (non-hydrogen) atoms. The average Bonchev–Trinajstić information content (AvgIpc) is 3.27. The molecule has 0 amide bonds. The highest BCUT2D eigenvalue weighted by atomic mass is 32.2. The second-order valence-electron chi connectivity index (χ2n) is 6.95. The van der Waals surface area contributed by atoms with E-state index >= 15 is 0 Å². The first-order chi connectivity index (χ1) is 14.4. The fraction of sp³-hybridized carbons (Fsp3) is 0.190. The van der Waals surface area contributed by atoms with Crippen LogP contribution in [0.1, 0.15) is 28.0 Å². The molecule has 0 spiro atoms. The first-order valence-corrected chi connectivity index (χ1v) is 11.8. The van der Waals surface area contributed by atoms with E-state index in [2.05, 4.69) is 10.1 Å². The van der Waals surface area contributed by atoms with Crippen molar-refractivity contribution >= 4 is 37.4 Å². The van der Waals surface area contributed by atoms with Crippen molar-refractivity contribution < 1.29 is 17.9 Å². The number of carbonyl (C=O) groups is 1. The maximum absolute atomic E-state index is 12.9. The lowest BCUT2D eigenvalue weighted by atomic mass is 10.1. The molecule has 152 valence electrons. The van der Waals surface area contributed by atoms with Gasteiger partial charge in [0.2, 0.25) is 0 Å². The number of esters is 1. The minimum absolute atomic E-state index is 0.0329. The zero-order valence-corrected chi connectivity index (χ0v) is 17.9.